The molecule has 0 spiro atoms. The van der Waals surface area contributed by atoms with Crippen LogP contribution in [0.5, 0.6) is 0 Å². The van der Waals surface area contributed by atoms with E-state index in [-0.39, 0.29) is 0 Å². The van der Waals surface area contributed by atoms with E-state index in [1.54, 1.807) is 11.1 Å². The van der Waals surface area contributed by atoms with Gasteiger partial charge in [0.05, 0.1) is 0 Å². The van der Waals surface area contributed by atoms with Gasteiger partial charge in [0.15, 0.2) is 0 Å². The highest BCUT2D eigenvalue weighted by atomic mass is 14.4. The number of allylic oxidation sites excluding steroid dienone is 14. The maximum Gasteiger partial charge on any atom is -0.0104 e. The van der Waals surface area contributed by atoms with Crippen molar-refractivity contribution in [3.05, 3.63) is 82.0 Å². The van der Waals surface area contributed by atoms with Gasteiger partial charge in [-0.3, -0.25) is 0 Å². The van der Waals surface area contributed by atoms with E-state index in [0.29, 0.717) is 10.8 Å². The lowest BCUT2D eigenvalue weighted by Crippen LogP contribution is -2.33. The molecule has 0 heteroatoms. The first-order chi connectivity index (χ1) is 18.8. The van der Waals surface area contributed by atoms with E-state index in [4.69, 9.17) is 0 Å². The van der Waals surface area contributed by atoms with Crippen LogP contribution in [0.1, 0.15) is 146 Å². The van der Waals surface area contributed by atoms with Gasteiger partial charge in [-0.2, -0.15) is 0 Å². The molecule has 0 aromatic heterocycles. The van der Waals surface area contributed by atoms with Gasteiger partial charge in [0.25, 0.3) is 0 Å². The maximum atomic E-state index is 2.49. The fraction of sp³-hybridized carbons (Fsp3) is 0.650. The molecule has 40 heavy (non-hydrogen) atoms. The van der Waals surface area contributed by atoms with Crippen molar-refractivity contribution in [3.63, 3.8) is 0 Å². The molecule has 0 N–H and O–H groups in total. The van der Waals surface area contributed by atoms with Crippen LogP contribution < -0.4 is 0 Å². The Hall–Kier alpha value is -1.82. The van der Waals surface area contributed by atoms with Crippen molar-refractivity contribution in [1.29, 1.82) is 0 Å². The van der Waals surface area contributed by atoms with Crippen LogP contribution in [0.25, 0.3) is 0 Å². The second kappa shape index (κ2) is 16.6. The molecule has 0 aromatic rings. The molecule has 0 nitrogen and oxygen atoms in total. The zero-order chi connectivity index (χ0) is 29.8. The summed E-state index contributed by atoms with van der Waals surface area (Å²) >= 11 is 0. The van der Waals surface area contributed by atoms with E-state index in [2.05, 4.69) is 118 Å². The minimum atomic E-state index is 0.321. The Morgan fingerprint density at radius 2 is 1.48 bits per heavy atom. The molecule has 2 atom stereocenters. The third-order valence-electron chi connectivity index (χ3n) is 9.95. The van der Waals surface area contributed by atoms with Crippen LogP contribution >= 0.6 is 0 Å². The van der Waals surface area contributed by atoms with Crippen LogP contribution in [0.3, 0.4) is 0 Å². The summed E-state index contributed by atoms with van der Waals surface area (Å²) in [7, 11) is 0. The zero-order valence-corrected chi connectivity index (χ0v) is 28.3. The Labute approximate surface area is 250 Å². The molecule has 0 aliphatic heterocycles. The first-order valence-corrected chi connectivity index (χ1v) is 16.5. The molecule has 1 fully saturated rings. The second-order valence-electron chi connectivity index (χ2n) is 14.7. The number of hydrogen-bond donors (Lipinski definition) is 0. The molecular weight excluding hydrogens is 480 g/mol. The largest absolute Gasteiger partial charge is 0.0853 e. The van der Waals surface area contributed by atoms with Crippen LogP contribution in [0, 0.1) is 22.7 Å². The molecule has 0 radical (unpaired) electrons. The van der Waals surface area contributed by atoms with Gasteiger partial charge in [0, 0.05) is 0 Å². The minimum Gasteiger partial charge on any atom is -0.0853 e. The average Bonchev–Trinajstić information content (AvgIpc) is 2.85. The summed E-state index contributed by atoms with van der Waals surface area (Å²) in [5.41, 5.74) is 9.74. The van der Waals surface area contributed by atoms with Crippen molar-refractivity contribution in [1.82, 2.24) is 0 Å². The first-order valence-electron chi connectivity index (χ1n) is 16.5. The third-order valence-corrected chi connectivity index (χ3v) is 9.95. The molecule has 0 unspecified atom stereocenters. The van der Waals surface area contributed by atoms with Crippen molar-refractivity contribution in [2.24, 2.45) is 22.7 Å². The van der Waals surface area contributed by atoms with Crippen molar-refractivity contribution >= 4 is 0 Å². The summed E-state index contributed by atoms with van der Waals surface area (Å²) in [4.78, 5) is 0. The van der Waals surface area contributed by atoms with Gasteiger partial charge in [0.2, 0.25) is 0 Å². The summed E-state index contributed by atoms with van der Waals surface area (Å²) in [5, 5.41) is 0. The highest BCUT2D eigenvalue weighted by Crippen LogP contribution is 2.46. The molecule has 2 aliphatic carbocycles. The van der Waals surface area contributed by atoms with Crippen LogP contribution in [0.15, 0.2) is 82.0 Å². The predicted molar refractivity (Wildman–Crippen MR) is 182 cm³/mol. The molecule has 0 heterocycles. The Morgan fingerprint density at radius 3 is 2.17 bits per heavy atom. The Morgan fingerprint density at radius 1 is 0.800 bits per heavy atom. The molecule has 1 saturated carbocycles. The van der Waals surface area contributed by atoms with Crippen molar-refractivity contribution in [2.75, 3.05) is 0 Å². The van der Waals surface area contributed by atoms with Crippen LogP contribution in [0.2, 0.25) is 0 Å². The van der Waals surface area contributed by atoms with Gasteiger partial charge in [0.1, 0.15) is 0 Å². The van der Waals surface area contributed by atoms with Crippen molar-refractivity contribution in [3.8, 4) is 0 Å². The molecule has 0 amide bonds. The Balaban J connectivity index is 1.71. The van der Waals surface area contributed by atoms with Gasteiger partial charge >= 0.3 is 0 Å². The smallest absolute Gasteiger partial charge is 0.0104 e. The second-order valence-corrected chi connectivity index (χ2v) is 14.7. The van der Waals surface area contributed by atoms with Gasteiger partial charge in [-0.25, -0.2) is 0 Å². The molecule has 2 rings (SSSR count). The number of unbranched alkanes of at least 4 members (excludes halogenated alkanes) is 1. The highest BCUT2D eigenvalue weighted by Gasteiger charge is 2.36. The summed E-state index contributed by atoms with van der Waals surface area (Å²) < 4.78 is 0. The maximum absolute atomic E-state index is 2.49. The molecule has 0 bridgehead atoms. The SMILES string of the molecule is CC1=C(/C=C/C(C)=C/CC/C(C)=C/CC/C=C(C)/C=C/C=C(\C)CC[C@H]2[C@H](C)CCCC2(C)C)C(C)(C)CCC1. The summed E-state index contributed by atoms with van der Waals surface area (Å²) in [6, 6.07) is 0. The minimum absolute atomic E-state index is 0.321. The normalized spacial score (nSPS) is 24.9. The standard InChI is InChI=1S/C40H64/c1-31(19-13-21-33(3)25-27-37-35(5)23-15-29-39(37,7)8)17-11-12-18-32(2)20-14-22-34(4)26-28-38-36(6)24-16-30-40(38,9)10/h13,17-19,21-22,26,28,35,37H,11-12,14-16,20,23-25,27,29-30H2,1-10H3/b19-13+,28-26+,31-17+,32-18+,33-21+,34-22+/t35-,37+/m1/s1. The zero-order valence-electron chi connectivity index (χ0n) is 28.3. The van der Waals surface area contributed by atoms with Gasteiger partial charge < -0.3 is 0 Å². The fourth-order valence-corrected chi connectivity index (χ4v) is 7.17. The third kappa shape index (κ3) is 12.0. The Bertz CT molecular complexity index is 1010. The van der Waals surface area contributed by atoms with Crippen LogP contribution in [-0.4, -0.2) is 0 Å². The number of hydrogen-bond acceptors (Lipinski definition) is 0. The lowest BCUT2D eigenvalue weighted by atomic mass is 9.62. The van der Waals surface area contributed by atoms with Gasteiger partial charge in [-0.1, -0.05) is 124 Å². The van der Waals surface area contributed by atoms with Gasteiger partial charge in [-0.05, 0) is 127 Å². The van der Waals surface area contributed by atoms with Crippen LogP contribution in [0.4, 0.5) is 0 Å². The van der Waals surface area contributed by atoms with Crippen molar-refractivity contribution in [2.45, 2.75) is 146 Å². The average molecular weight is 545 g/mol. The van der Waals surface area contributed by atoms with E-state index in [0.717, 1.165) is 37.5 Å². The Kier molecular flexibility index (Phi) is 14.3. The van der Waals surface area contributed by atoms with Crippen molar-refractivity contribution < 1.29 is 0 Å². The van der Waals surface area contributed by atoms with E-state index >= 15 is 0 Å². The molecular formula is C40H64. The predicted octanol–water partition coefficient (Wildman–Crippen LogP) is 13.2. The highest BCUT2D eigenvalue weighted by molar-refractivity contribution is 5.36. The monoisotopic (exact) mass is 545 g/mol. The fourth-order valence-electron chi connectivity index (χ4n) is 7.17. The summed E-state index contributed by atoms with van der Waals surface area (Å²) in [6.07, 6.45) is 34.0. The van der Waals surface area contributed by atoms with E-state index < -0.39 is 0 Å². The first kappa shape index (κ1) is 34.4. The molecule has 224 valence electrons. The quantitative estimate of drug-likeness (QED) is 0.123. The van der Waals surface area contributed by atoms with Gasteiger partial charge in [-0.15, -0.1) is 0 Å². The van der Waals surface area contributed by atoms with E-state index in [9.17, 15) is 0 Å². The summed E-state index contributed by atoms with van der Waals surface area (Å²) in [5.74, 6) is 1.74. The van der Waals surface area contributed by atoms with Crippen LogP contribution in [-0.2, 0) is 0 Å². The lowest BCUT2D eigenvalue weighted by Gasteiger charge is -2.43. The number of rotatable bonds is 13. The topological polar surface area (TPSA) is 0 Å². The molecule has 0 saturated heterocycles. The molecule has 0 aromatic carbocycles. The lowest BCUT2D eigenvalue weighted by molar-refractivity contribution is 0.0767. The summed E-state index contributed by atoms with van der Waals surface area (Å²) in [6.45, 7) is 23.6. The van der Waals surface area contributed by atoms with E-state index in [1.807, 2.05) is 0 Å². The molecule has 2 aliphatic rings. The van der Waals surface area contributed by atoms with E-state index in [1.165, 1.54) is 73.7 Å².